The fraction of sp³-hybridized carbons (Fsp3) is 0.233. The Morgan fingerprint density at radius 1 is 1.12 bits per heavy atom. The molecule has 2 heterocycles. The minimum Gasteiger partial charge on any atom is -0.466 e. The van der Waals surface area contributed by atoms with Crippen LogP contribution in [-0.4, -0.2) is 39.6 Å². The van der Waals surface area contributed by atoms with E-state index in [-0.39, 0.29) is 16.8 Å². The molecule has 0 amide bonds. The third kappa shape index (κ3) is 6.35. The van der Waals surface area contributed by atoms with E-state index in [9.17, 15) is 19.7 Å². The van der Waals surface area contributed by atoms with E-state index in [1.165, 1.54) is 25.3 Å². The van der Waals surface area contributed by atoms with Crippen molar-refractivity contribution in [2.45, 2.75) is 39.3 Å². The van der Waals surface area contributed by atoms with Gasteiger partial charge in [-0.1, -0.05) is 42.5 Å². The van der Waals surface area contributed by atoms with Crippen LogP contribution in [-0.2, 0) is 25.6 Å². The van der Waals surface area contributed by atoms with E-state index < -0.39 is 28.9 Å². The fourth-order valence-electron chi connectivity index (χ4n) is 4.64. The molecule has 0 spiro atoms. The maximum absolute atomic E-state index is 13.5. The molecule has 0 bridgehead atoms. The van der Waals surface area contributed by atoms with Gasteiger partial charge in [-0.3, -0.25) is 10.1 Å². The molecule has 10 nitrogen and oxygen atoms in total. The van der Waals surface area contributed by atoms with Gasteiger partial charge in [0.2, 0.25) is 0 Å². The minimum atomic E-state index is -0.916. The van der Waals surface area contributed by atoms with E-state index in [1.807, 2.05) is 41.1 Å². The molecule has 1 aliphatic rings. The summed E-state index contributed by atoms with van der Waals surface area (Å²) < 4.78 is 12.7. The third-order valence-corrected chi connectivity index (χ3v) is 6.56. The number of rotatable bonds is 9. The first-order valence-electron chi connectivity index (χ1n) is 12.6. The van der Waals surface area contributed by atoms with Crippen LogP contribution < -0.4 is 5.32 Å². The molecule has 206 valence electrons. The number of nitro benzene ring substituents is 1. The Hall–Kier alpha value is -4.99. The number of ether oxygens (including phenoxy) is 2. The number of dihydropyridines is 1. The number of esters is 2. The summed E-state index contributed by atoms with van der Waals surface area (Å²) in [5, 5.41) is 14.5. The topological polar surface area (TPSA) is 126 Å². The number of aromatic nitrogens is 2. The van der Waals surface area contributed by atoms with Gasteiger partial charge in [0.15, 0.2) is 0 Å². The van der Waals surface area contributed by atoms with Crippen LogP contribution in [0, 0.1) is 10.1 Å². The van der Waals surface area contributed by atoms with E-state index in [0.717, 1.165) is 11.1 Å². The summed E-state index contributed by atoms with van der Waals surface area (Å²) in [6.07, 6.45) is 8.43. The van der Waals surface area contributed by atoms with E-state index >= 15 is 0 Å². The molecule has 1 aromatic heterocycles. The summed E-state index contributed by atoms with van der Waals surface area (Å²) in [6.45, 7) is 5.84. The molecule has 1 N–H and O–H groups in total. The Bertz CT molecular complexity index is 1500. The van der Waals surface area contributed by atoms with E-state index in [0.29, 0.717) is 23.5 Å². The van der Waals surface area contributed by atoms with Gasteiger partial charge < -0.3 is 19.4 Å². The number of carbonyl (C=O) groups excluding carboxylic acids is 2. The van der Waals surface area contributed by atoms with Gasteiger partial charge in [0.1, 0.15) is 6.10 Å². The third-order valence-electron chi connectivity index (χ3n) is 6.56. The van der Waals surface area contributed by atoms with E-state index in [2.05, 4.69) is 10.3 Å². The molecule has 3 aromatic rings. The van der Waals surface area contributed by atoms with Crippen LogP contribution in [0.15, 0.2) is 95.9 Å². The molecule has 2 unspecified atom stereocenters. The highest BCUT2D eigenvalue weighted by Crippen LogP contribution is 2.40. The Kier molecular flexibility index (Phi) is 8.58. The molecular formula is C30H30N4O6. The van der Waals surface area contributed by atoms with Crippen molar-refractivity contribution in [3.63, 3.8) is 0 Å². The van der Waals surface area contributed by atoms with Gasteiger partial charge in [0.25, 0.3) is 5.69 Å². The molecule has 2 atom stereocenters. The first-order valence-corrected chi connectivity index (χ1v) is 12.6. The molecular weight excluding hydrogens is 512 g/mol. The average Bonchev–Trinajstić information content (AvgIpc) is 3.45. The zero-order valence-electron chi connectivity index (χ0n) is 22.7. The van der Waals surface area contributed by atoms with Crippen molar-refractivity contribution in [3.05, 3.63) is 123 Å². The van der Waals surface area contributed by atoms with Gasteiger partial charge in [-0.05, 0) is 43.5 Å². The number of carbonyl (C=O) groups is 2. The molecule has 0 radical (unpaired) electrons. The van der Waals surface area contributed by atoms with Crippen LogP contribution in [0.4, 0.5) is 5.69 Å². The zero-order chi connectivity index (χ0) is 28.8. The van der Waals surface area contributed by atoms with Crippen molar-refractivity contribution < 1.29 is 24.0 Å². The predicted molar refractivity (Wildman–Crippen MR) is 149 cm³/mol. The fourth-order valence-corrected chi connectivity index (χ4v) is 4.64. The van der Waals surface area contributed by atoms with Crippen LogP contribution in [0.2, 0.25) is 0 Å². The van der Waals surface area contributed by atoms with Crippen molar-refractivity contribution in [1.29, 1.82) is 0 Å². The molecule has 0 saturated heterocycles. The first-order chi connectivity index (χ1) is 19.2. The molecule has 4 rings (SSSR count). The van der Waals surface area contributed by atoms with E-state index in [1.54, 1.807) is 45.4 Å². The predicted octanol–water partition coefficient (Wildman–Crippen LogP) is 4.89. The standard InChI is InChI=1S/C30H30N4O6/c1-19(8-9-22-10-12-23(13-11-22)17-33-15-14-31-18-33)40-30(36)27-21(3)32-20(2)26(29(35)39-4)28(27)24-6-5-7-25(16-24)34(37)38/h5-16,18-19,28,32H,17H2,1-4H3. The molecule has 10 heteroatoms. The van der Waals surface area contributed by atoms with Gasteiger partial charge >= 0.3 is 11.9 Å². The number of imidazole rings is 1. The Morgan fingerprint density at radius 2 is 1.82 bits per heavy atom. The highest BCUT2D eigenvalue weighted by molar-refractivity contribution is 6.00. The van der Waals surface area contributed by atoms with E-state index in [4.69, 9.17) is 9.47 Å². The zero-order valence-corrected chi connectivity index (χ0v) is 22.7. The lowest BCUT2D eigenvalue weighted by molar-refractivity contribution is -0.384. The van der Waals surface area contributed by atoms with Crippen molar-refractivity contribution in [2.24, 2.45) is 0 Å². The minimum absolute atomic E-state index is 0.157. The number of hydrogen-bond donors (Lipinski definition) is 1. The summed E-state index contributed by atoms with van der Waals surface area (Å²) in [4.78, 5) is 41.3. The SMILES string of the molecule is COC(=O)C1=C(C)NC(C)=C(C(=O)OC(C)C=Cc2ccc(Cn3ccnc3)cc2)C1c1cccc([N+](=O)[O-])c1. The second-order valence-corrected chi connectivity index (χ2v) is 9.43. The summed E-state index contributed by atoms with van der Waals surface area (Å²) in [5.74, 6) is -2.22. The largest absolute Gasteiger partial charge is 0.466 e. The Morgan fingerprint density at radius 3 is 2.45 bits per heavy atom. The average molecular weight is 543 g/mol. The first kappa shape index (κ1) is 28.0. The van der Waals surface area contributed by atoms with Crippen LogP contribution in [0.25, 0.3) is 6.08 Å². The normalized spacial score (nSPS) is 16.1. The highest BCUT2D eigenvalue weighted by Gasteiger charge is 2.38. The van der Waals surface area contributed by atoms with Crippen LogP contribution in [0.1, 0.15) is 43.4 Å². The lowest BCUT2D eigenvalue weighted by atomic mass is 9.80. The monoisotopic (exact) mass is 542 g/mol. The van der Waals surface area contributed by atoms with Crippen LogP contribution in [0.5, 0.6) is 0 Å². The second kappa shape index (κ2) is 12.2. The van der Waals surface area contributed by atoms with Crippen LogP contribution in [0.3, 0.4) is 0 Å². The molecule has 1 aliphatic heterocycles. The van der Waals surface area contributed by atoms with Gasteiger partial charge in [-0.25, -0.2) is 14.6 Å². The highest BCUT2D eigenvalue weighted by atomic mass is 16.6. The van der Waals surface area contributed by atoms with Crippen molar-refractivity contribution in [1.82, 2.24) is 14.9 Å². The van der Waals surface area contributed by atoms with Gasteiger partial charge in [0, 0.05) is 42.5 Å². The molecule has 0 saturated carbocycles. The Balaban J connectivity index is 1.55. The number of non-ortho nitro benzene ring substituents is 1. The summed E-state index contributed by atoms with van der Waals surface area (Å²) in [5.41, 5.74) is 3.64. The number of methoxy groups -OCH3 is 1. The van der Waals surface area contributed by atoms with Gasteiger partial charge in [-0.2, -0.15) is 0 Å². The lowest BCUT2D eigenvalue weighted by Gasteiger charge is -2.30. The van der Waals surface area contributed by atoms with Crippen molar-refractivity contribution in [3.8, 4) is 0 Å². The quantitative estimate of drug-likeness (QED) is 0.230. The molecule has 2 aromatic carbocycles. The number of benzene rings is 2. The summed E-state index contributed by atoms with van der Waals surface area (Å²) >= 11 is 0. The number of nitrogens with zero attached hydrogens (tertiary/aromatic N) is 3. The maximum Gasteiger partial charge on any atom is 0.337 e. The number of allylic oxidation sites excluding steroid dienone is 2. The molecule has 0 aliphatic carbocycles. The number of nitrogens with one attached hydrogen (secondary N) is 1. The van der Waals surface area contributed by atoms with Crippen molar-refractivity contribution in [2.75, 3.05) is 7.11 Å². The van der Waals surface area contributed by atoms with Gasteiger partial charge in [-0.15, -0.1) is 0 Å². The van der Waals surface area contributed by atoms with Crippen molar-refractivity contribution >= 4 is 23.7 Å². The second-order valence-electron chi connectivity index (χ2n) is 9.43. The summed E-state index contributed by atoms with van der Waals surface area (Å²) in [7, 11) is 1.24. The van der Waals surface area contributed by atoms with Gasteiger partial charge in [0.05, 0.1) is 35.4 Å². The molecule has 40 heavy (non-hydrogen) atoms. The number of nitro groups is 1. The molecule has 0 fully saturated rings. The smallest absolute Gasteiger partial charge is 0.337 e. The maximum atomic E-state index is 13.5. The van der Waals surface area contributed by atoms with Crippen LogP contribution >= 0.6 is 0 Å². The lowest BCUT2D eigenvalue weighted by Crippen LogP contribution is -2.33. The number of hydrogen-bond acceptors (Lipinski definition) is 8. The Labute approximate surface area is 231 Å². The summed E-state index contributed by atoms with van der Waals surface area (Å²) in [6, 6.07) is 13.9.